The molecule has 0 amide bonds. The number of aryl methyl sites for hydroxylation is 1. The predicted molar refractivity (Wildman–Crippen MR) is 76.7 cm³/mol. The number of primary sulfonamides is 1. The van der Waals surface area contributed by atoms with E-state index in [4.69, 9.17) is 5.14 Å². The average molecular weight is 330 g/mol. The molecule has 0 aliphatic heterocycles. The van der Waals surface area contributed by atoms with E-state index < -0.39 is 20.0 Å². The van der Waals surface area contributed by atoms with Gasteiger partial charge in [0.25, 0.3) is 10.0 Å². The minimum absolute atomic E-state index is 0.0435. The first kappa shape index (κ1) is 15.5. The zero-order chi connectivity index (χ0) is 15.8. The van der Waals surface area contributed by atoms with E-state index in [1.165, 1.54) is 37.5 Å². The van der Waals surface area contributed by atoms with E-state index in [2.05, 4.69) is 9.97 Å². The fraction of sp³-hybridized carbons (Fsp3) is 0.182. The van der Waals surface area contributed by atoms with Gasteiger partial charge in [-0.05, 0) is 31.2 Å². The Morgan fingerprint density at radius 1 is 1.14 bits per heavy atom. The van der Waals surface area contributed by atoms with Crippen molar-refractivity contribution in [3.8, 4) is 0 Å². The van der Waals surface area contributed by atoms with Crippen LogP contribution in [-0.4, -0.2) is 33.9 Å². The van der Waals surface area contributed by atoms with Gasteiger partial charge in [0.1, 0.15) is 5.82 Å². The third kappa shape index (κ3) is 3.06. The molecule has 3 N–H and O–H groups in total. The predicted octanol–water partition coefficient (Wildman–Crippen LogP) is 0.191. The summed E-state index contributed by atoms with van der Waals surface area (Å²) in [7, 11) is -6.24. The second-order valence-corrected chi connectivity index (χ2v) is 7.84. The molecule has 1 heterocycles. The Labute approximate surface area is 122 Å². The maximum absolute atomic E-state index is 12.3. The first-order chi connectivity index (χ1) is 9.62. The van der Waals surface area contributed by atoms with Gasteiger partial charge in [-0.2, -0.15) is 8.42 Å². The molecule has 8 nitrogen and oxygen atoms in total. The quantitative estimate of drug-likeness (QED) is 0.827. The second kappa shape index (κ2) is 5.13. The lowest BCUT2D eigenvalue weighted by Crippen LogP contribution is -2.27. The molecule has 114 valence electrons. The van der Waals surface area contributed by atoms with Crippen LogP contribution in [0.3, 0.4) is 0 Å². The number of anilines is 1. The maximum Gasteiger partial charge on any atom is 0.281 e. The molecule has 0 saturated carbocycles. The minimum atomic E-state index is -3.81. The van der Waals surface area contributed by atoms with Gasteiger partial charge in [-0.1, -0.05) is 0 Å². The zero-order valence-corrected chi connectivity index (χ0v) is 12.9. The maximum atomic E-state index is 12.3. The summed E-state index contributed by atoms with van der Waals surface area (Å²) < 4.78 is 48.0. The van der Waals surface area contributed by atoms with E-state index in [0.717, 1.165) is 4.31 Å². The van der Waals surface area contributed by atoms with Gasteiger partial charge in [0.2, 0.25) is 10.0 Å². The molecular formula is C11H14N4O4S2. The van der Waals surface area contributed by atoms with E-state index in [0.29, 0.717) is 11.5 Å². The van der Waals surface area contributed by atoms with Gasteiger partial charge in [0, 0.05) is 7.05 Å². The van der Waals surface area contributed by atoms with Crippen molar-refractivity contribution in [3.05, 3.63) is 36.3 Å². The average Bonchev–Trinajstić information content (AvgIpc) is 2.84. The van der Waals surface area contributed by atoms with Crippen LogP contribution in [0.2, 0.25) is 0 Å². The topological polar surface area (TPSA) is 126 Å². The summed E-state index contributed by atoms with van der Waals surface area (Å²) in [5.41, 5.74) is 0.301. The summed E-state index contributed by atoms with van der Waals surface area (Å²) >= 11 is 0. The van der Waals surface area contributed by atoms with Crippen LogP contribution in [0.4, 0.5) is 5.69 Å². The Kier molecular flexibility index (Phi) is 3.78. The van der Waals surface area contributed by atoms with Crippen molar-refractivity contribution >= 4 is 25.7 Å². The first-order valence-electron chi connectivity index (χ1n) is 5.76. The summed E-state index contributed by atoms with van der Waals surface area (Å²) in [5, 5.41) is 4.95. The van der Waals surface area contributed by atoms with Crippen molar-refractivity contribution in [2.75, 3.05) is 11.4 Å². The minimum Gasteiger partial charge on any atom is -0.332 e. The number of H-pyrrole nitrogens is 1. The molecule has 0 radical (unpaired) electrons. The molecule has 0 atom stereocenters. The van der Waals surface area contributed by atoms with Crippen molar-refractivity contribution in [2.24, 2.45) is 5.14 Å². The van der Waals surface area contributed by atoms with Crippen molar-refractivity contribution < 1.29 is 16.8 Å². The van der Waals surface area contributed by atoms with Gasteiger partial charge in [-0.15, -0.1) is 0 Å². The van der Waals surface area contributed by atoms with Crippen molar-refractivity contribution in [1.29, 1.82) is 0 Å². The van der Waals surface area contributed by atoms with Crippen LogP contribution in [0.25, 0.3) is 0 Å². The second-order valence-electron chi connectivity index (χ2n) is 4.34. The number of sulfonamides is 2. The highest BCUT2D eigenvalue weighted by Crippen LogP contribution is 2.22. The molecular weight excluding hydrogens is 316 g/mol. The van der Waals surface area contributed by atoms with Gasteiger partial charge in [0.05, 0.1) is 16.8 Å². The highest BCUT2D eigenvalue weighted by atomic mass is 32.2. The molecule has 0 saturated heterocycles. The van der Waals surface area contributed by atoms with Crippen LogP contribution in [0.5, 0.6) is 0 Å². The fourth-order valence-electron chi connectivity index (χ4n) is 1.66. The smallest absolute Gasteiger partial charge is 0.281 e. The lowest BCUT2D eigenvalue weighted by molar-refractivity contribution is 0.591. The molecule has 0 unspecified atom stereocenters. The van der Waals surface area contributed by atoms with Crippen LogP contribution >= 0.6 is 0 Å². The molecule has 1 aromatic heterocycles. The van der Waals surface area contributed by atoms with Crippen LogP contribution in [-0.2, 0) is 20.0 Å². The van der Waals surface area contributed by atoms with Gasteiger partial charge < -0.3 is 4.98 Å². The van der Waals surface area contributed by atoms with Gasteiger partial charge in [-0.25, -0.2) is 18.5 Å². The molecule has 0 bridgehead atoms. The molecule has 2 aromatic rings. The molecule has 1 aromatic carbocycles. The number of rotatable bonds is 4. The van der Waals surface area contributed by atoms with E-state index in [1.807, 2.05) is 0 Å². The fourth-order valence-corrected chi connectivity index (χ4v) is 3.33. The van der Waals surface area contributed by atoms with Gasteiger partial charge >= 0.3 is 0 Å². The molecule has 0 aliphatic carbocycles. The molecule has 10 heteroatoms. The SMILES string of the molecule is Cc1ncc(S(=O)(=O)N(C)c2ccc(S(N)(=O)=O)cc2)[nH]1. The highest BCUT2D eigenvalue weighted by Gasteiger charge is 2.23. The summed E-state index contributed by atoms with van der Waals surface area (Å²) in [6, 6.07) is 5.21. The summed E-state index contributed by atoms with van der Waals surface area (Å²) in [4.78, 5) is 6.41. The van der Waals surface area contributed by atoms with Gasteiger partial charge in [0.15, 0.2) is 5.03 Å². The van der Waals surface area contributed by atoms with Crippen molar-refractivity contribution in [3.63, 3.8) is 0 Å². The summed E-state index contributed by atoms with van der Waals surface area (Å²) in [6.07, 6.45) is 1.22. The normalized spacial score (nSPS) is 12.3. The van der Waals surface area contributed by atoms with Crippen molar-refractivity contribution in [2.45, 2.75) is 16.8 Å². The zero-order valence-electron chi connectivity index (χ0n) is 11.3. The summed E-state index contributed by atoms with van der Waals surface area (Å²) in [5.74, 6) is 0.478. The Morgan fingerprint density at radius 2 is 1.71 bits per heavy atom. The van der Waals surface area contributed by atoms with Crippen molar-refractivity contribution in [1.82, 2.24) is 9.97 Å². The number of aromatic nitrogens is 2. The van der Waals surface area contributed by atoms with E-state index >= 15 is 0 Å². The number of nitrogens with zero attached hydrogens (tertiary/aromatic N) is 2. The first-order valence-corrected chi connectivity index (χ1v) is 8.74. The Morgan fingerprint density at radius 3 is 2.14 bits per heavy atom. The molecule has 0 aliphatic rings. The van der Waals surface area contributed by atoms with E-state index in [9.17, 15) is 16.8 Å². The highest BCUT2D eigenvalue weighted by molar-refractivity contribution is 7.92. The largest absolute Gasteiger partial charge is 0.332 e. The Hall–Kier alpha value is -1.91. The molecule has 0 spiro atoms. The Balaban J connectivity index is 2.38. The van der Waals surface area contributed by atoms with Gasteiger partial charge in [-0.3, -0.25) is 4.31 Å². The summed E-state index contributed by atoms with van der Waals surface area (Å²) in [6.45, 7) is 1.64. The van der Waals surface area contributed by atoms with E-state index in [-0.39, 0.29) is 9.92 Å². The Bertz CT molecular complexity index is 854. The third-order valence-corrected chi connectivity index (χ3v) is 5.47. The number of nitrogens with one attached hydrogen (secondary N) is 1. The van der Waals surface area contributed by atoms with Crippen LogP contribution in [0, 0.1) is 6.92 Å². The number of hydrogen-bond donors (Lipinski definition) is 2. The van der Waals surface area contributed by atoms with Crippen LogP contribution in [0.15, 0.2) is 40.4 Å². The van der Waals surface area contributed by atoms with E-state index in [1.54, 1.807) is 6.92 Å². The van der Waals surface area contributed by atoms with Crippen LogP contribution in [0.1, 0.15) is 5.82 Å². The number of aromatic amines is 1. The molecule has 0 fully saturated rings. The lowest BCUT2D eigenvalue weighted by atomic mass is 10.3. The van der Waals surface area contributed by atoms with Crippen LogP contribution < -0.4 is 9.44 Å². The number of hydrogen-bond acceptors (Lipinski definition) is 5. The number of benzene rings is 1. The lowest BCUT2D eigenvalue weighted by Gasteiger charge is -2.18. The standard InChI is InChI=1S/C11H14N4O4S2/c1-8-13-7-11(14-8)21(18,19)15(2)9-3-5-10(6-4-9)20(12,16)17/h3-7H,1-2H3,(H,13,14)(H2,12,16,17). The monoisotopic (exact) mass is 330 g/mol. The number of nitrogens with two attached hydrogens (primary N) is 1. The molecule has 21 heavy (non-hydrogen) atoms. The third-order valence-electron chi connectivity index (χ3n) is 2.85. The molecule has 2 rings (SSSR count). The number of imidazole rings is 1.